The molecule has 4 rings (SSSR count). The summed E-state index contributed by atoms with van der Waals surface area (Å²) in [6, 6.07) is 20.2. The van der Waals surface area contributed by atoms with Crippen molar-refractivity contribution in [1.82, 2.24) is 10.3 Å². The monoisotopic (exact) mass is 521 g/mol. The van der Waals surface area contributed by atoms with Crippen LogP contribution in [0.3, 0.4) is 0 Å². The standard InChI is InChI=1S/C25H24ClN7O4/c26-21-16-19(33(36)37)10-11-22(21)27-29-25(20-8-4-5-9-23(20)34)30-28-24(35)17-31-12-14-32(15-13-31)18-6-2-1-3-7-18/h1-11,16,34H,12-15,17H2,(H,28,35)/b29-27?,30-25-. The van der Waals surface area contributed by atoms with Gasteiger partial charge in [0, 0.05) is 44.0 Å². The predicted octanol–water partition coefficient (Wildman–Crippen LogP) is 4.34. The summed E-state index contributed by atoms with van der Waals surface area (Å²) in [6.07, 6.45) is 0. The van der Waals surface area contributed by atoms with Crippen molar-refractivity contribution < 1.29 is 14.8 Å². The summed E-state index contributed by atoms with van der Waals surface area (Å²) in [6.45, 7) is 3.18. The van der Waals surface area contributed by atoms with E-state index in [-0.39, 0.29) is 46.0 Å². The van der Waals surface area contributed by atoms with Gasteiger partial charge in [0.2, 0.25) is 5.84 Å². The second-order valence-corrected chi connectivity index (χ2v) is 8.59. The molecular weight excluding hydrogens is 498 g/mol. The van der Waals surface area contributed by atoms with E-state index in [1.807, 2.05) is 23.1 Å². The van der Waals surface area contributed by atoms with Gasteiger partial charge in [-0.05, 0) is 30.3 Å². The van der Waals surface area contributed by atoms with E-state index in [0.717, 1.165) is 37.9 Å². The summed E-state index contributed by atoms with van der Waals surface area (Å²) in [5, 5.41) is 33.4. The molecule has 3 aromatic rings. The first kappa shape index (κ1) is 25.7. The summed E-state index contributed by atoms with van der Waals surface area (Å²) in [5.41, 5.74) is 3.85. The van der Waals surface area contributed by atoms with Crippen LogP contribution >= 0.6 is 11.6 Å². The molecule has 3 aromatic carbocycles. The van der Waals surface area contributed by atoms with Gasteiger partial charge in [0.25, 0.3) is 11.6 Å². The van der Waals surface area contributed by atoms with Gasteiger partial charge in [-0.25, -0.2) is 5.43 Å². The highest BCUT2D eigenvalue weighted by atomic mass is 35.5. The zero-order chi connectivity index (χ0) is 26.2. The van der Waals surface area contributed by atoms with Crippen LogP contribution in [0.25, 0.3) is 0 Å². The van der Waals surface area contributed by atoms with Crippen LogP contribution in [0.1, 0.15) is 5.56 Å². The molecule has 190 valence electrons. The number of carbonyl (C=O) groups excluding carboxylic acids is 1. The number of piperazine rings is 1. The van der Waals surface area contributed by atoms with E-state index in [4.69, 9.17) is 11.6 Å². The molecule has 0 aromatic heterocycles. The molecule has 1 amide bonds. The molecule has 0 aliphatic carbocycles. The number of para-hydroxylation sites is 2. The highest BCUT2D eigenvalue weighted by molar-refractivity contribution is 6.33. The summed E-state index contributed by atoms with van der Waals surface area (Å²) in [7, 11) is 0. The first-order chi connectivity index (χ1) is 17.9. The summed E-state index contributed by atoms with van der Waals surface area (Å²) >= 11 is 6.09. The SMILES string of the molecule is O=C(CN1CCN(c2ccccc2)CC1)N/N=C(\N=Nc1ccc([N+](=O)[O-])cc1Cl)c1ccccc1O. The average molecular weight is 522 g/mol. The van der Waals surface area contributed by atoms with Crippen molar-refractivity contribution in [2.24, 2.45) is 15.3 Å². The van der Waals surface area contributed by atoms with Crippen molar-refractivity contribution in [2.75, 3.05) is 37.6 Å². The van der Waals surface area contributed by atoms with E-state index in [1.54, 1.807) is 18.2 Å². The van der Waals surface area contributed by atoms with Crippen molar-refractivity contribution in [1.29, 1.82) is 0 Å². The van der Waals surface area contributed by atoms with Gasteiger partial charge in [-0.1, -0.05) is 41.9 Å². The fourth-order valence-electron chi connectivity index (χ4n) is 3.75. The topological polar surface area (TPSA) is 136 Å². The minimum Gasteiger partial charge on any atom is -0.507 e. The van der Waals surface area contributed by atoms with E-state index in [1.165, 1.54) is 18.2 Å². The van der Waals surface area contributed by atoms with Crippen LogP contribution in [0.15, 0.2) is 88.1 Å². The predicted molar refractivity (Wildman–Crippen MR) is 141 cm³/mol. The fourth-order valence-corrected chi connectivity index (χ4v) is 3.96. The maximum absolute atomic E-state index is 12.6. The Balaban J connectivity index is 1.43. The molecule has 1 saturated heterocycles. The molecule has 37 heavy (non-hydrogen) atoms. The molecule has 0 unspecified atom stereocenters. The summed E-state index contributed by atoms with van der Waals surface area (Å²) in [5.74, 6) is -0.513. The molecule has 0 radical (unpaired) electrons. The van der Waals surface area contributed by atoms with E-state index < -0.39 is 4.92 Å². The molecule has 12 heteroatoms. The Bertz CT molecular complexity index is 1330. The average Bonchev–Trinajstić information content (AvgIpc) is 2.91. The first-order valence-electron chi connectivity index (χ1n) is 11.4. The number of hydrazone groups is 1. The lowest BCUT2D eigenvalue weighted by molar-refractivity contribution is -0.384. The Labute approximate surface area is 217 Å². The largest absolute Gasteiger partial charge is 0.507 e. The van der Waals surface area contributed by atoms with Crippen molar-refractivity contribution in [3.8, 4) is 5.75 Å². The zero-order valence-corrected chi connectivity index (χ0v) is 20.5. The number of amides is 1. The van der Waals surface area contributed by atoms with Gasteiger partial charge >= 0.3 is 0 Å². The van der Waals surface area contributed by atoms with Crippen molar-refractivity contribution >= 4 is 40.4 Å². The lowest BCUT2D eigenvalue weighted by Gasteiger charge is -2.35. The normalized spacial score (nSPS) is 14.6. The number of nitro benzene ring substituents is 1. The molecule has 0 saturated carbocycles. The highest BCUT2D eigenvalue weighted by Gasteiger charge is 2.19. The maximum atomic E-state index is 12.6. The molecule has 1 aliphatic rings. The van der Waals surface area contributed by atoms with Gasteiger partial charge in [-0.3, -0.25) is 19.8 Å². The molecular formula is C25H24ClN7O4. The number of non-ortho nitro benzene ring substituents is 1. The molecule has 0 atom stereocenters. The third kappa shape index (κ3) is 6.87. The highest BCUT2D eigenvalue weighted by Crippen LogP contribution is 2.29. The first-order valence-corrected chi connectivity index (χ1v) is 11.8. The van der Waals surface area contributed by atoms with Crippen molar-refractivity contribution in [3.05, 3.63) is 93.5 Å². The smallest absolute Gasteiger partial charge is 0.271 e. The quantitative estimate of drug-likeness (QED) is 0.156. The Hall–Kier alpha value is -4.35. The van der Waals surface area contributed by atoms with Crippen LogP contribution in [0, 0.1) is 10.1 Å². The van der Waals surface area contributed by atoms with Gasteiger partial charge < -0.3 is 10.0 Å². The number of anilines is 1. The second kappa shape index (κ2) is 12.1. The molecule has 1 heterocycles. The molecule has 11 nitrogen and oxygen atoms in total. The minimum atomic E-state index is -0.571. The number of benzene rings is 3. The van der Waals surface area contributed by atoms with Gasteiger partial charge in [0.05, 0.1) is 22.1 Å². The molecule has 2 N–H and O–H groups in total. The van der Waals surface area contributed by atoms with Crippen LogP contribution in [0.2, 0.25) is 5.02 Å². The summed E-state index contributed by atoms with van der Waals surface area (Å²) < 4.78 is 0. The number of halogens is 1. The van der Waals surface area contributed by atoms with Gasteiger partial charge in [0.1, 0.15) is 11.4 Å². The number of rotatable bonds is 7. The molecule has 0 bridgehead atoms. The number of nitro groups is 1. The Morgan fingerprint density at radius 2 is 1.73 bits per heavy atom. The maximum Gasteiger partial charge on any atom is 0.271 e. The molecule has 1 fully saturated rings. The Morgan fingerprint density at radius 1 is 1.03 bits per heavy atom. The van der Waals surface area contributed by atoms with E-state index >= 15 is 0 Å². The number of azo groups is 1. The van der Waals surface area contributed by atoms with E-state index in [0.29, 0.717) is 0 Å². The molecule has 1 aliphatic heterocycles. The van der Waals surface area contributed by atoms with Gasteiger partial charge in [0.15, 0.2) is 0 Å². The number of aromatic hydroxyl groups is 1. The lowest BCUT2D eigenvalue weighted by Crippen LogP contribution is -2.49. The van der Waals surface area contributed by atoms with Crippen LogP contribution in [-0.2, 0) is 4.79 Å². The zero-order valence-electron chi connectivity index (χ0n) is 19.7. The number of nitrogens with one attached hydrogen (secondary N) is 1. The number of phenols is 1. The molecule has 0 spiro atoms. The number of hydrogen-bond acceptors (Lipinski definition) is 8. The number of nitrogens with zero attached hydrogens (tertiary/aromatic N) is 6. The number of carbonyl (C=O) groups is 1. The van der Waals surface area contributed by atoms with Gasteiger partial charge in [-0.2, -0.15) is 5.10 Å². The van der Waals surface area contributed by atoms with Crippen LogP contribution in [-0.4, -0.2) is 59.4 Å². The number of hydrogen-bond donors (Lipinski definition) is 2. The van der Waals surface area contributed by atoms with Crippen LogP contribution < -0.4 is 10.3 Å². The lowest BCUT2D eigenvalue weighted by atomic mass is 10.2. The van der Waals surface area contributed by atoms with Gasteiger partial charge in [-0.15, -0.1) is 10.2 Å². The summed E-state index contributed by atoms with van der Waals surface area (Å²) in [4.78, 5) is 27.3. The third-order valence-corrected chi connectivity index (χ3v) is 5.99. The Kier molecular flexibility index (Phi) is 8.39. The van der Waals surface area contributed by atoms with Crippen molar-refractivity contribution in [3.63, 3.8) is 0 Å². The Morgan fingerprint density at radius 3 is 2.41 bits per heavy atom. The van der Waals surface area contributed by atoms with Crippen molar-refractivity contribution in [2.45, 2.75) is 0 Å². The van der Waals surface area contributed by atoms with E-state index in [2.05, 4.69) is 37.8 Å². The van der Waals surface area contributed by atoms with Crippen LogP contribution in [0.5, 0.6) is 5.75 Å². The number of phenolic OH excluding ortho intramolecular Hbond substituents is 1. The second-order valence-electron chi connectivity index (χ2n) is 8.18. The fraction of sp³-hybridized carbons (Fsp3) is 0.200. The number of amidine groups is 1. The third-order valence-electron chi connectivity index (χ3n) is 5.69. The van der Waals surface area contributed by atoms with Crippen LogP contribution in [0.4, 0.5) is 17.1 Å². The minimum absolute atomic E-state index is 0.0215. The van der Waals surface area contributed by atoms with E-state index in [9.17, 15) is 20.0 Å².